The summed E-state index contributed by atoms with van der Waals surface area (Å²) in [5, 5.41) is 1.71. The molecular formula is C16H21ClN3O2+. The fraction of sp³-hybridized carbons (Fsp3) is 0.375. The Hall–Kier alpha value is -1.53. The third kappa shape index (κ3) is 2.98. The number of hydroxylamine groups is 1. The molecule has 1 atom stereocenters. The van der Waals surface area contributed by atoms with Crippen LogP contribution in [0.5, 0.6) is 0 Å². The summed E-state index contributed by atoms with van der Waals surface area (Å²) >= 11 is 5.84. The third-order valence-electron chi connectivity index (χ3n) is 3.77. The molecule has 0 radical (unpaired) electrons. The first-order valence-corrected chi connectivity index (χ1v) is 7.75. The lowest BCUT2D eigenvalue weighted by Gasteiger charge is -2.35. The number of carbonyl (C=O) groups excluding carboxylic acids is 1. The van der Waals surface area contributed by atoms with Crippen LogP contribution in [-0.2, 0) is 4.84 Å². The number of carbonyl (C=O) groups is 1. The normalized spacial score (nSPS) is 21.0. The number of allylic oxidation sites excluding steroid dienone is 2. The van der Waals surface area contributed by atoms with Gasteiger partial charge in [-0.1, -0.05) is 37.3 Å². The molecule has 0 bridgehead atoms. The first-order valence-electron chi connectivity index (χ1n) is 7.21. The number of hydrogen-bond acceptors (Lipinski definition) is 4. The summed E-state index contributed by atoms with van der Waals surface area (Å²) in [6, 6.07) is 9.18. The highest BCUT2D eigenvalue weighted by molar-refractivity contribution is 6.18. The van der Waals surface area contributed by atoms with Crippen LogP contribution in [-0.4, -0.2) is 48.5 Å². The van der Waals surface area contributed by atoms with Crippen LogP contribution in [0.2, 0.25) is 0 Å². The van der Waals surface area contributed by atoms with Gasteiger partial charge in [-0.15, -0.1) is 16.2 Å². The molecule has 118 valence electrons. The molecule has 1 aromatic carbocycles. The summed E-state index contributed by atoms with van der Waals surface area (Å²) in [5.74, 6) is 0.353. The molecule has 0 spiro atoms. The zero-order valence-electron chi connectivity index (χ0n) is 13.1. The van der Waals surface area contributed by atoms with E-state index >= 15 is 0 Å². The Kier molecular flexibility index (Phi) is 5.47. The Morgan fingerprint density at radius 1 is 1.36 bits per heavy atom. The minimum absolute atomic E-state index is 0.0718. The average Bonchev–Trinajstić information content (AvgIpc) is 2.90. The van der Waals surface area contributed by atoms with Crippen LogP contribution in [0, 0.1) is 0 Å². The fourth-order valence-corrected chi connectivity index (χ4v) is 2.81. The van der Waals surface area contributed by atoms with Crippen LogP contribution in [0.25, 0.3) is 0 Å². The first-order chi connectivity index (χ1) is 10.6. The number of nitrogens with zero attached hydrogens (tertiary/aromatic N) is 3. The zero-order valence-corrected chi connectivity index (χ0v) is 13.9. The van der Waals surface area contributed by atoms with Gasteiger partial charge in [0.15, 0.2) is 11.4 Å². The summed E-state index contributed by atoms with van der Waals surface area (Å²) in [6.45, 7) is 2.53. The van der Waals surface area contributed by atoms with Crippen molar-refractivity contribution >= 4 is 23.7 Å². The number of halogens is 1. The molecule has 2 rings (SSSR count). The molecule has 1 aromatic rings. The Bertz CT molecular complexity index is 601. The Morgan fingerprint density at radius 2 is 2.05 bits per heavy atom. The van der Waals surface area contributed by atoms with Crippen LogP contribution in [0.3, 0.4) is 0 Å². The number of quaternary nitrogens is 1. The topological polar surface area (TPSA) is 41.9 Å². The van der Waals surface area contributed by atoms with Crippen LogP contribution >= 0.6 is 11.6 Å². The standard InChI is InChI=1S/C16H21ClN3O2/c1-4-14-15(16(21)13-8-6-5-7-9-13)18-12-20(14,2)19(22-3)11-10-17/h5-9,12H,4,10-11H2,1-3H3/q+1. The van der Waals surface area contributed by atoms with E-state index in [0.717, 1.165) is 5.70 Å². The summed E-state index contributed by atoms with van der Waals surface area (Å²) in [4.78, 5) is 22.5. The summed E-state index contributed by atoms with van der Waals surface area (Å²) in [6.07, 6.45) is 2.40. The van der Waals surface area contributed by atoms with Crippen molar-refractivity contribution in [3.63, 3.8) is 0 Å². The number of alkyl halides is 1. The second kappa shape index (κ2) is 7.15. The van der Waals surface area contributed by atoms with Crippen molar-refractivity contribution in [2.75, 3.05) is 26.6 Å². The van der Waals surface area contributed by atoms with Crippen molar-refractivity contribution in [2.45, 2.75) is 13.3 Å². The van der Waals surface area contributed by atoms with Crippen molar-refractivity contribution in [2.24, 2.45) is 4.99 Å². The molecule has 1 aliphatic rings. The summed E-state index contributed by atoms with van der Waals surface area (Å²) in [5.41, 5.74) is 2.00. The van der Waals surface area contributed by atoms with Crippen molar-refractivity contribution in [1.29, 1.82) is 0 Å². The average molecular weight is 323 g/mol. The van der Waals surface area contributed by atoms with E-state index in [9.17, 15) is 4.79 Å². The molecule has 0 N–H and O–H groups in total. The maximum Gasteiger partial charge on any atom is 0.217 e. The van der Waals surface area contributed by atoms with E-state index in [4.69, 9.17) is 16.4 Å². The van der Waals surface area contributed by atoms with Crippen molar-refractivity contribution in [1.82, 2.24) is 5.17 Å². The molecule has 0 fully saturated rings. The molecule has 5 nitrogen and oxygen atoms in total. The number of rotatable bonds is 7. The highest BCUT2D eigenvalue weighted by Gasteiger charge is 2.42. The van der Waals surface area contributed by atoms with E-state index in [-0.39, 0.29) is 10.4 Å². The van der Waals surface area contributed by atoms with Crippen LogP contribution < -0.4 is 0 Å². The van der Waals surface area contributed by atoms with Gasteiger partial charge in [-0.2, -0.15) is 4.99 Å². The van der Waals surface area contributed by atoms with Gasteiger partial charge in [0.25, 0.3) is 0 Å². The highest BCUT2D eigenvalue weighted by Crippen LogP contribution is 2.31. The highest BCUT2D eigenvalue weighted by atomic mass is 35.5. The number of hydrogen-bond donors (Lipinski definition) is 0. The fourth-order valence-electron chi connectivity index (χ4n) is 2.67. The Balaban J connectivity index is 2.41. The van der Waals surface area contributed by atoms with Gasteiger partial charge >= 0.3 is 0 Å². The third-order valence-corrected chi connectivity index (χ3v) is 3.94. The molecule has 1 heterocycles. The largest absolute Gasteiger partial charge is 0.287 e. The van der Waals surface area contributed by atoms with Gasteiger partial charge in [-0.05, 0) is 5.17 Å². The van der Waals surface area contributed by atoms with Crippen molar-refractivity contribution < 1.29 is 14.2 Å². The lowest BCUT2D eigenvalue weighted by molar-refractivity contribution is -0.946. The van der Waals surface area contributed by atoms with Crippen molar-refractivity contribution in [3.8, 4) is 0 Å². The molecule has 1 unspecified atom stereocenters. The predicted octanol–water partition coefficient (Wildman–Crippen LogP) is 3.00. The molecule has 6 heteroatoms. The first kappa shape index (κ1) is 16.8. The van der Waals surface area contributed by atoms with Gasteiger partial charge in [0.2, 0.25) is 12.1 Å². The smallest absolute Gasteiger partial charge is 0.217 e. The monoisotopic (exact) mass is 322 g/mol. The molecule has 0 saturated carbocycles. The van der Waals surface area contributed by atoms with Crippen LogP contribution in [0.15, 0.2) is 46.7 Å². The molecule has 0 aliphatic carbocycles. The molecule has 0 amide bonds. The van der Waals surface area contributed by atoms with Gasteiger partial charge in [0, 0.05) is 17.9 Å². The van der Waals surface area contributed by atoms with Crippen LogP contribution in [0.1, 0.15) is 23.7 Å². The van der Waals surface area contributed by atoms with E-state index in [1.807, 2.05) is 32.2 Å². The van der Waals surface area contributed by atoms with Gasteiger partial charge in [0.05, 0.1) is 20.7 Å². The Labute approximate surface area is 136 Å². The number of ketones is 1. The number of aliphatic imine (C=N–C) groups is 1. The van der Waals surface area contributed by atoms with Gasteiger partial charge in [-0.25, -0.2) is 0 Å². The number of Topliss-reactive ketones (excluding diaryl/α,β-unsaturated/α-hetero) is 1. The zero-order chi connectivity index (χ0) is 16.2. The van der Waals surface area contributed by atoms with Gasteiger partial charge < -0.3 is 0 Å². The van der Waals surface area contributed by atoms with E-state index in [1.54, 1.807) is 30.8 Å². The second-order valence-corrected chi connectivity index (χ2v) is 5.44. The van der Waals surface area contributed by atoms with Gasteiger partial charge in [-0.3, -0.25) is 9.63 Å². The van der Waals surface area contributed by atoms with E-state index in [2.05, 4.69) is 4.99 Å². The van der Waals surface area contributed by atoms with E-state index < -0.39 is 0 Å². The maximum atomic E-state index is 12.7. The van der Waals surface area contributed by atoms with Crippen molar-refractivity contribution in [3.05, 3.63) is 47.3 Å². The van der Waals surface area contributed by atoms with E-state index in [0.29, 0.717) is 30.1 Å². The SMILES string of the molecule is CCC1=C(C(=O)c2ccccc2)N=C[N+]1(C)N(CCCl)OC. The molecule has 0 aromatic heterocycles. The molecule has 1 aliphatic heterocycles. The summed E-state index contributed by atoms with van der Waals surface area (Å²) in [7, 11) is 3.53. The molecular weight excluding hydrogens is 302 g/mol. The second-order valence-electron chi connectivity index (χ2n) is 5.06. The Morgan fingerprint density at radius 3 is 2.59 bits per heavy atom. The van der Waals surface area contributed by atoms with Crippen LogP contribution in [0.4, 0.5) is 0 Å². The number of benzene rings is 1. The molecule has 22 heavy (non-hydrogen) atoms. The summed E-state index contributed by atoms with van der Waals surface area (Å²) < 4.78 is 0.216. The van der Waals surface area contributed by atoms with Gasteiger partial charge in [0.1, 0.15) is 0 Å². The lowest BCUT2D eigenvalue weighted by atomic mass is 10.1. The molecule has 0 saturated heterocycles. The predicted molar refractivity (Wildman–Crippen MR) is 87.2 cm³/mol. The quantitative estimate of drug-likeness (QED) is 0.335. The lowest BCUT2D eigenvalue weighted by Crippen LogP contribution is -2.54. The minimum Gasteiger partial charge on any atom is -0.287 e. The van der Waals surface area contributed by atoms with E-state index in [1.165, 1.54) is 0 Å². The maximum absolute atomic E-state index is 12.7. The minimum atomic E-state index is -0.0718.